The molecule has 6 atom stereocenters. The average Bonchev–Trinajstić information content (AvgIpc) is 3.18. The number of hydrogen-bond acceptors (Lipinski definition) is 6. The van der Waals surface area contributed by atoms with Crippen molar-refractivity contribution in [2.75, 3.05) is 0 Å². The van der Waals surface area contributed by atoms with E-state index >= 15 is 8.78 Å². The minimum Gasteiger partial charge on any atom is -0.462 e. The summed E-state index contributed by atoms with van der Waals surface area (Å²) in [4.78, 5) is 21.8. The highest BCUT2D eigenvalue weighted by Gasteiger charge is 2.70. The highest BCUT2D eigenvalue weighted by Crippen LogP contribution is 2.63. The van der Waals surface area contributed by atoms with Gasteiger partial charge in [-0.2, -0.15) is 5.26 Å². The monoisotopic (exact) mass is 515 g/mol. The summed E-state index contributed by atoms with van der Waals surface area (Å²) in [5, 5.41) is 20.7. The number of nitriles is 1. The molecule has 0 radical (unpaired) electrons. The molecule has 2 aromatic heterocycles. The van der Waals surface area contributed by atoms with Crippen LogP contribution in [0, 0.1) is 34.5 Å². The van der Waals surface area contributed by atoms with Crippen LogP contribution in [0.4, 0.5) is 8.78 Å². The fourth-order valence-electron chi connectivity index (χ4n) is 6.08. The Balaban J connectivity index is 1.50. The molecule has 3 unspecified atom stereocenters. The van der Waals surface area contributed by atoms with Gasteiger partial charge >= 0.3 is 5.97 Å². The number of aromatic nitrogens is 2. The second kappa shape index (κ2) is 9.73. The molecule has 3 heterocycles. The number of hydrogen-bond donors (Lipinski definition) is 1. The molecule has 8 heteroatoms. The second-order valence-electron chi connectivity index (χ2n) is 10.1. The number of fused-ring (bicyclic) bond motifs is 1. The van der Waals surface area contributed by atoms with Gasteiger partial charge in [0.05, 0.1) is 23.0 Å². The number of carbonyl (C=O) groups is 1. The van der Waals surface area contributed by atoms with Gasteiger partial charge in [0, 0.05) is 41.8 Å². The zero-order chi connectivity index (χ0) is 27.1. The van der Waals surface area contributed by atoms with E-state index in [0.717, 1.165) is 11.1 Å². The predicted molar refractivity (Wildman–Crippen MR) is 136 cm³/mol. The Morgan fingerprint density at radius 3 is 2.58 bits per heavy atom. The Morgan fingerprint density at radius 1 is 1.13 bits per heavy atom. The molecule has 1 aliphatic carbocycles. The van der Waals surface area contributed by atoms with Crippen molar-refractivity contribution in [1.82, 2.24) is 9.97 Å². The van der Waals surface area contributed by atoms with Crippen LogP contribution in [0.15, 0.2) is 73.1 Å². The topological polar surface area (TPSA) is 96.1 Å². The van der Waals surface area contributed by atoms with Gasteiger partial charge < -0.3 is 9.84 Å². The number of cyclic esters (lactones) is 1. The number of nitrogens with zero attached hydrogens (tertiary/aromatic N) is 3. The standard InChI is InChI=1S/C30H27F2N3O3/c1-18-23(13-12-22-11-10-21(16-35-22)24-8-4-3-7-20(24)15-33)26-19(2)38-28(37)29(26,17-30(18,31)32)27(36)25-9-5-6-14-34-25/h3-14,16,18-19,23,26-27,36H,17H2,1-2H3/b13-12+/t18?,19-,23+,26?,27?,29-/m1/s1. The van der Waals surface area contributed by atoms with Gasteiger partial charge in [0.25, 0.3) is 5.92 Å². The number of benzene rings is 1. The summed E-state index contributed by atoms with van der Waals surface area (Å²) in [5.41, 5.74) is 0.903. The summed E-state index contributed by atoms with van der Waals surface area (Å²) < 4.78 is 36.6. The molecule has 5 rings (SSSR count). The number of aliphatic hydroxyl groups is 1. The van der Waals surface area contributed by atoms with Crippen LogP contribution in [0.5, 0.6) is 0 Å². The molecule has 38 heavy (non-hydrogen) atoms. The fourth-order valence-corrected chi connectivity index (χ4v) is 6.08. The number of ether oxygens (including phenoxy) is 1. The minimum atomic E-state index is -3.23. The first kappa shape index (κ1) is 25.7. The van der Waals surface area contributed by atoms with E-state index < -0.39 is 53.7 Å². The smallest absolute Gasteiger partial charge is 0.316 e. The summed E-state index contributed by atoms with van der Waals surface area (Å²) >= 11 is 0. The number of carbonyl (C=O) groups excluding carboxylic acids is 1. The maximum Gasteiger partial charge on any atom is 0.316 e. The van der Waals surface area contributed by atoms with Crippen LogP contribution in [-0.2, 0) is 9.53 Å². The van der Waals surface area contributed by atoms with E-state index in [2.05, 4.69) is 16.0 Å². The Kier molecular flexibility index (Phi) is 6.58. The lowest BCUT2D eigenvalue weighted by Gasteiger charge is -2.49. The van der Waals surface area contributed by atoms with Crippen LogP contribution >= 0.6 is 0 Å². The lowest BCUT2D eigenvalue weighted by Crippen LogP contribution is -2.56. The van der Waals surface area contributed by atoms with Crippen LogP contribution in [0.25, 0.3) is 17.2 Å². The maximum absolute atomic E-state index is 15.5. The Bertz CT molecular complexity index is 1400. The Morgan fingerprint density at radius 2 is 1.89 bits per heavy atom. The molecule has 0 bridgehead atoms. The molecule has 1 saturated carbocycles. The number of aliphatic hydroxyl groups excluding tert-OH is 1. The summed E-state index contributed by atoms with van der Waals surface area (Å²) in [6.45, 7) is 3.16. The van der Waals surface area contributed by atoms with Crippen molar-refractivity contribution < 1.29 is 23.4 Å². The van der Waals surface area contributed by atoms with Crippen LogP contribution < -0.4 is 0 Å². The van der Waals surface area contributed by atoms with Crippen molar-refractivity contribution in [1.29, 1.82) is 5.26 Å². The molecule has 194 valence electrons. The van der Waals surface area contributed by atoms with E-state index in [4.69, 9.17) is 4.74 Å². The normalized spacial score (nSPS) is 28.9. The SMILES string of the molecule is CC1[C@H](/C=C/c2ccc(-c3ccccc3C#N)cn2)C2[C@@H](C)OC(=O)[C@]2(C(O)c2ccccn2)CC1(F)F. The van der Waals surface area contributed by atoms with Crippen molar-refractivity contribution >= 4 is 12.0 Å². The fraction of sp³-hybridized carbons (Fsp3) is 0.333. The third-order valence-electron chi connectivity index (χ3n) is 8.05. The summed E-state index contributed by atoms with van der Waals surface area (Å²) in [6, 6.07) is 17.8. The molecular formula is C30H27F2N3O3. The largest absolute Gasteiger partial charge is 0.462 e. The lowest BCUT2D eigenvalue weighted by molar-refractivity contribution is -0.192. The van der Waals surface area contributed by atoms with Gasteiger partial charge in [0.2, 0.25) is 0 Å². The third-order valence-corrected chi connectivity index (χ3v) is 8.05. The number of rotatable bonds is 5. The van der Waals surface area contributed by atoms with Crippen molar-refractivity contribution in [2.45, 2.75) is 38.4 Å². The first-order valence-electron chi connectivity index (χ1n) is 12.5. The quantitative estimate of drug-likeness (QED) is 0.445. The zero-order valence-electron chi connectivity index (χ0n) is 21.0. The van der Waals surface area contributed by atoms with Gasteiger partial charge in [-0.3, -0.25) is 14.8 Å². The molecule has 1 N–H and O–H groups in total. The van der Waals surface area contributed by atoms with Crippen LogP contribution in [-0.4, -0.2) is 33.1 Å². The van der Waals surface area contributed by atoms with E-state index in [0.29, 0.717) is 11.3 Å². The van der Waals surface area contributed by atoms with Crippen LogP contribution in [0.1, 0.15) is 43.3 Å². The molecule has 1 saturated heterocycles. The molecule has 0 spiro atoms. The second-order valence-corrected chi connectivity index (χ2v) is 10.1. The number of esters is 1. The predicted octanol–water partition coefficient (Wildman–Crippen LogP) is 5.60. The van der Waals surface area contributed by atoms with Gasteiger partial charge in [-0.1, -0.05) is 43.3 Å². The number of halogens is 2. The lowest BCUT2D eigenvalue weighted by atomic mass is 9.54. The number of allylic oxidation sites excluding steroid dienone is 1. The summed E-state index contributed by atoms with van der Waals surface area (Å²) in [6.07, 6.45) is 3.38. The van der Waals surface area contributed by atoms with Crippen molar-refractivity contribution in [2.24, 2.45) is 23.2 Å². The molecule has 2 fully saturated rings. The van der Waals surface area contributed by atoms with Crippen molar-refractivity contribution in [3.05, 3.63) is 90.0 Å². The molecule has 2 aliphatic rings. The molecule has 1 aliphatic heterocycles. The summed E-state index contributed by atoms with van der Waals surface area (Å²) in [5.74, 6) is -6.63. The highest BCUT2D eigenvalue weighted by atomic mass is 19.3. The van der Waals surface area contributed by atoms with Crippen LogP contribution in [0.2, 0.25) is 0 Å². The molecule has 3 aromatic rings. The number of pyridine rings is 2. The van der Waals surface area contributed by atoms with Gasteiger partial charge in [-0.25, -0.2) is 8.78 Å². The first-order chi connectivity index (χ1) is 18.2. The summed E-state index contributed by atoms with van der Waals surface area (Å²) in [7, 11) is 0. The van der Waals surface area contributed by atoms with Gasteiger partial charge in [0.1, 0.15) is 17.6 Å². The van der Waals surface area contributed by atoms with E-state index in [1.54, 1.807) is 55.6 Å². The van der Waals surface area contributed by atoms with Crippen LogP contribution in [0.3, 0.4) is 0 Å². The minimum absolute atomic E-state index is 0.159. The van der Waals surface area contributed by atoms with Crippen molar-refractivity contribution in [3.63, 3.8) is 0 Å². The highest BCUT2D eigenvalue weighted by molar-refractivity contribution is 5.81. The van der Waals surface area contributed by atoms with E-state index in [1.165, 1.54) is 19.2 Å². The van der Waals surface area contributed by atoms with Gasteiger partial charge in [0.15, 0.2) is 0 Å². The molecular weight excluding hydrogens is 488 g/mol. The third kappa shape index (κ3) is 4.17. The Labute approximate surface area is 219 Å². The molecule has 6 nitrogen and oxygen atoms in total. The maximum atomic E-state index is 15.5. The van der Waals surface area contributed by atoms with Gasteiger partial charge in [-0.15, -0.1) is 0 Å². The van der Waals surface area contributed by atoms with E-state index in [9.17, 15) is 15.2 Å². The average molecular weight is 516 g/mol. The van der Waals surface area contributed by atoms with Crippen molar-refractivity contribution in [3.8, 4) is 17.2 Å². The molecule has 0 amide bonds. The molecule has 1 aromatic carbocycles. The first-order valence-corrected chi connectivity index (χ1v) is 12.5. The Hall–Kier alpha value is -3.96. The van der Waals surface area contributed by atoms with E-state index in [-0.39, 0.29) is 5.69 Å². The van der Waals surface area contributed by atoms with E-state index in [1.807, 2.05) is 18.2 Å². The zero-order valence-corrected chi connectivity index (χ0v) is 21.0. The number of alkyl halides is 2. The van der Waals surface area contributed by atoms with Gasteiger partial charge in [-0.05, 0) is 43.2 Å².